The summed E-state index contributed by atoms with van der Waals surface area (Å²) < 4.78 is 14.7. The summed E-state index contributed by atoms with van der Waals surface area (Å²) in [4.78, 5) is 30.4. The van der Waals surface area contributed by atoms with E-state index in [9.17, 15) is 9.59 Å². The molecule has 50 heavy (non-hydrogen) atoms. The summed E-state index contributed by atoms with van der Waals surface area (Å²) in [5, 5.41) is 17.7. The molecule has 4 heterocycles. The number of primary amides is 1. The third kappa shape index (κ3) is 5.08. The van der Waals surface area contributed by atoms with Gasteiger partial charge in [0.25, 0.3) is 5.91 Å². The monoisotopic (exact) mass is 717 g/mol. The van der Waals surface area contributed by atoms with Gasteiger partial charge >= 0.3 is 5.97 Å². The zero-order valence-corrected chi connectivity index (χ0v) is 28.9. The fraction of sp³-hybridized carbons (Fsp3) is 0.500. The number of ether oxygens (including phenoxy) is 2. The summed E-state index contributed by atoms with van der Waals surface area (Å²) in [6, 6.07) is 9.79. The first-order valence-corrected chi connectivity index (χ1v) is 18.1. The third-order valence-corrected chi connectivity index (χ3v) is 13.3. The molecule has 0 bridgehead atoms. The lowest BCUT2D eigenvalue weighted by Gasteiger charge is -2.04. The van der Waals surface area contributed by atoms with Gasteiger partial charge in [0.15, 0.2) is 11.6 Å². The standard InChI is InChI=1S/C18H19ClN4O2.C18H18ClN3O3/c19-15-11(16(20)24)1-2-13(21-15)23-9-3-14(22-23)25-10-4-12-17(5-6-17)18(12)7-8-18;19-15-11(16(23)24)1-2-13(20-15)22-9-3-14(21-22)25-10-4-12-17(5-6-17)18(12)7-8-18/h1-3,9,12H,4-8,10H2,(H2,20,24);1-3,9,12H,4-8,10H2,(H,23,24). The maximum Gasteiger partial charge on any atom is 0.338 e. The topological polar surface area (TPSA) is 160 Å². The molecule has 10 rings (SSSR count). The Hall–Kier alpha value is -4.16. The van der Waals surface area contributed by atoms with Crippen molar-refractivity contribution < 1.29 is 24.2 Å². The molecule has 3 N–H and O–H groups in total. The van der Waals surface area contributed by atoms with Crippen LogP contribution in [0.25, 0.3) is 11.6 Å². The number of carbonyl (C=O) groups is 2. The van der Waals surface area contributed by atoms with Gasteiger partial charge in [0.05, 0.1) is 24.3 Å². The van der Waals surface area contributed by atoms with Crippen LogP contribution in [0.5, 0.6) is 11.8 Å². The molecule has 260 valence electrons. The molecule has 1 amide bonds. The van der Waals surface area contributed by atoms with E-state index in [1.54, 1.807) is 41.3 Å². The SMILES string of the molecule is NC(=O)c1ccc(-n2ccc(OCCC3C4(CC4)C34CC4)n2)nc1Cl.O=C(O)c1ccc(-n2ccc(OCCC3C4(CC4)C34CC4)n2)nc1Cl. The van der Waals surface area contributed by atoms with Crippen molar-refractivity contribution in [2.45, 2.75) is 64.2 Å². The molecular formula is C36H37Cl2N7O5. The van der Waals surface area contributed by atoms with Crippen molar-refractivity contribution in [2.75, 3.05) is 13.2 Å². The number of aromatic carboxylic acids is 1. The molecule has 6 saturated carbocycles. The summed E-state index contributed by atoms with van der Waals surface area (Å²) in [5.41, 5.74) is 8.27. The van der Waals surface area contributed by atoms with Crippen LogP contribution in [0.15, 0.2) is 48.8 Å². The lowest BCUT2D eigenvalue weighted by atomic mass is 10.2. The number of halogens is 2. The van der Waals surface area contributed by atoms with Crippen LogP contribution in [0, 0.1) is 33.5 Å². The van der Waals surface area contributed by atoms with E-state index in [1.165, 1.54) is 62.1 Å². The van der Waals surface area contributed by atoms with Gasteiger partial charge in [-0.05, 0) is 122 Å². The minimum Gasteiger partial charge on any atom is -0.478 e. The summed E-state index contributed by atoms with van der Waals surface area (Å²) in [6.45, 7) is 1.40. The molecule has 0 unspecified atom stereocenters. The molecule has 4 aromatic heterocycles. The Morgan fingerprint density at radius 1 is 0.700 bits per heavy atom. The highest BCUT2D eigenvalue weighted by molar-refractivity contribution is 6.32. The zero-order valence-electron chi connectivity index (χ0n) is 27.4. The second kappa shape index (κ2) is 11.2. The maximum absolute atomic E-state index is 11.2. The Bertz CT molecular complexity index is 1850. The van der Waals surface area contributed by atoms with Gasteiger partial charge in [-0.25, -0.2) is 24.1 Å². The number of nitrogens with two attached hydrogens (primary N) is 1. The largest absolute Gasteiger partial charge is 0.478 e. The molecule has 4 spiro atoms. The number of carbonyl (C=O) groups excluding carboxylic acids is 1. The number of amides is 1. The van der Waals surface area contributed by atoms with Crippen LogP contribution < -0.4 is 15.2 Å². The fourth-order valence-electron chi connectivity index (χ4n) is 9.74. The van der Waals surface area contributed by atoms with Gasteiger partial charge in [0.1, 0.15) is 10.3 Å². The van der Waals surface area contributed by atoms with E-state index in [1.807, 2.05) is 6.07 Å². The van der Waals surface area contributed by atoms with E-state index in [0.717, 1.165) is 35.5 Å². The first-order valence-electron chi connectivity index (χ1n) is 17.4. The Labute approximate surface area is 298 Å². The molecular weight excluding hydrogens is 681 g/mol. The number of hydrogen-bond donors (Lipinski definition) is 2. The quantitative estimate of drug-likeness (QED) is 0.155. The molecule has 0 aliphatic heterocycles. The first kappa shape index (κ1) is 31.8. The number of fused-ring (bicyclic) bond motifs is 2. The number of hydrogen-bond acceptors (Lipinski definition) is 8. The highest BCUT2D eigenvalue weighted by Gasteiger charge is 2.86. The number of nitrogens with zero attached hydrogens (tertiary/aromatic N) is 6. The van der Waals surface area contributed by atoms with Crippen LogP contribution in [0.4, 0.5) is 0 Å². The van der Waals surface area contributed by atoms with Gasteiger partial charge in [-0.15, -0.1) is 10.2 Å². The molecule has 6 aliphatic rings. The zero-order chi connectivity index (χ0) is 34.5. The summed E-state index contributed by atoms with van der Waals surface area (Å²) in [7, 11) is 0. The normalized spacial score (nSPS) is 21.5. The number of carboxylic acids is 1. The van der Waals surface area contributed by atoms with Crippen molar-refractivity contribution in [1.82, 2.24) is 29.5 Å². The Balaban J connectivity index is 0.000000135. The number of aromatic nitrogens is 6. The van der Waals surface area contributed by atoms with E-state index < -0.39 is 11.9 Å². The second-order valence-corrected chi connectivity index (χ2v) is 15.6. The number of rotatable bonds is 12. The summed E-state index contributed by atoms with van der Waals surface area (Å²) in [5.74, 6) is 2.14. The Morgan fingerprint density at radius 2 is 1.10 bits per heavy atom. The molecule has 6 aliphatic carbocycles. The minimum absolute atomic E-state index is 0.0264. The van der Waals surface area contributed by atoms with Crippen LogP contribution in [0.2, 0.25) is 10.3 Å². The van der Waals surface area contributed by atoms with Crippen LogP contribution in [0.3, 0.4) is 0 Å². The minimum atomic E-state index is -1.10. The molecule has 0 aromatic carbocycles. The van der Waals surface area contributed by atoms with E-state index in [2.05, 4.69) is 20.2 Å². The highest BCUT2D eigenvalue weighted by Crippen LogP contribution is 2.93. The lowest BCUT2D eigenvalue weighted by molar-refractivity contribution is 0.0696. The Kier molecular flexibility index (Phi) is 7.10. The number of carboxylic acid groups (broad SMARTS) is 1. The molecule has 12 nitrogen and oxygen atoms in total. The van der Waals surface area contributed by atoms with Crippen LogP contribution in [-0.2, 0) is 0 Å². The van der Waals surface area contributed by atoms with E-state index in [4.69, 9.17) is 43.5 Å². The first-order chi connectivity index (χ1) is 24.1. The average Bonchev–Trinajstić information content (AvgIpc) is 3.83. The Morgan fingerprint density at radius 3 is 1.44 bits per heavy atom. The average molecular weight is 719 g/mol. The van der Waals surface area contributed by atoms with E-state index >= 15 is 0 Å². The van der Waals surface area contributed by atoms with Crippen molar-refractivity contribution in [3.63, 3.8) is 0 Å². The second-order valence-electron chi connectivity index (χ2n) is 14.9. The van der Waals surface area contributed by atoms with Crippen LogP contribution in [-0.4, -0.2) is 59.7 Å². The van der Waals surface area contributed by atoms with Gasteiger partial charge in [-0.3, -0.25) is 4.79 Å². The lowest BCUT2D eigenvalue weighted by Crippen LogP contribution is -2.13. The van der Waals surface area contributed by atoms with Crippen molar-refractivity contribution in [3.05, 3.63) is 70.2 Å². The predicted molar refractivity (Wildman–Crippen MR) is 182 cm³/mol. The third-order valence-electron chi connectivity index (χ3n) is 12.7. The van der Waals surface area contributed by atoms with Gasteiger partial charge in [-0.1, -0.05) is 23.2 Å². The molecule has 0 atom stereocenters. The molecule has 4 aromatic rings. The van der Waals surface area contributed by atoms with Gasteiger partial charge in [0.2, 0.25) is 11.8 Å². The summed E-state index contributed by atoms with van der Waals surface area (Å²) in [6.07, 6.45) is 17.1. The van der Waals surface area contributed by atoms with E-state index in [0.29, 0.717) is 47.4 Å². The maximum atomic E-state index is 11.2. The van der Waals surface area contributed by atoms with Crippen molar-refractivity contribution in [1.29, 1.82) is 0 Å². The van der Waals surface area contributed by atoms with Crippen LogP contribution >= 0.6 is 23.2 Å². The van der Waals surface area contributed by atoms with Crippen molar-refractivity contribution in [2.24, 2.45) is 39.2 Å². The van der Waals surface area contributed by atoms with Gasteiger partial charge < -0.3 is 20.3 Å². The molecule has 0 radical (unpaired) electrons. The van der Waals surface area contributed by atoms with Crippen molar-refractivity contribution in [3.8, 4) is 23.4 Å². The highest BCUT2D eigenvalue weighted by atomic mass is 35.5. The predicted octanol–water partition coefficient (Wildman–Crippen LogP) is 6.56. The van der Waals surface area contributed by atoms with Gasteiger partial charge in [-0.2, -0.15) is 0 Å². The van der Waals surface area contributed by atoms with Crippen LogP contribution in [0.1, 0.15) is 84.9 Å². The fourth-order valence-corrected chi connectivity index (χ4v) is 10.2. The van der Waals surface area contributed by atoms with Gasteiger partial charge in [0, 0.05) is 24.5 Å². The van der Waals surface area contributed by atoms with Crippen molar-refractivity contribution >= 4 is 35.1 Å². The summed E-state index contributed by atoms with van der Waals surface area (Å²) >= 11 is 11.9. The molecule has 14 heteroatoms. The smallest absolute Gasteiger partial charge is 0.338 e. The van der Waals surface area contributed by atoms with E-state index in [-0.39, 0.29) is 21.4 Å². The molecule has 0 saturated heterocycles. The molecule has 6 fully saturated rings. The number of pyridine rings is 2.